The monoisotopic (exact) mass is 305 g/mol. The van der Waals surface area contributed by atoms with Crippen molar-refractivity contribution >= 4 is 17.3 Å². The Morgan fingerprint density at radius 3 is 2.81 bits per heavy atom. The van der Waals surface area contributed by atoms with Gasteiger partial charge in [0.1, 0.15) is 5.82 Å². The van der Waals surface area contributed by atoms with Gasteiger partial charge in [-0.1, -0.05) is 18.2 Å². The number of halogens is 1. The molecule has 112 valence electrons. The molecule has 0 saturated heterocycles. The van der Waals surface area contributed by atoms with Gasteiger partial charge in [0.2, 0.25) is 0 Å². The molecule has 0 saturated carbocycles. The van der Waals surface area contributed by atoms with Gasteiger partial charge < -0.3 is 10.6 Å². The van der Waals surface area contributed by atoms with Crippen molar-refractivity contribution in [2.45, 2.75) is 26.9 Å². The minimum absolute atomic E-state index is 0.176. The lowest BCUT2D eigenvalue weighted by Gasteiger charge is -2.10. The Morgan fingerprint density at radius 2 is 2.14 bits per heavy atom. The van der Waals surface area contributed by atoms with Crippen molar-refractivity contribution in [1.82, 2.24) is 10.6 Å². The van der Waals surface area contributed by atoms with E-state index in [1.54, 1.807) is 24.3 Å². The average Bonchev–Trinajstić information content (AvgIpc) is 2.99. The molecule has 0 atom stereocenters. The predicted octanol–water partition coefficient (Wildman–Crippen LogP) is 3.45. The maximum Gasteiger partial charge on any atom is 0.191 e. The maximum atomic E-state index is 13.2. The van der Waals surface area contributed by atoms with E-state index >= 15 is 0 Å². The van der Waals surface area contributed by atoms with Crippen LogP contribution >= 0.6 is 11.3 Å². The molecule has 21 heavy (non-hydrogen) atoms. The van der Waals surface area contributed by atoms with E-state index in [-0.39, 0.29) is 5.82 Å². The lowest BCUT2D eigenvalue weighted by molar-refractivity contribution is 0.617. The topological polar surface area (TPSA) is 36.4 Å². The van der Waals surface area contributed by atoms with Crippen molar-refractivity contribution in [3.63, 3.8) is 0 Å². The van der Waals surface area contributed by atoms with E-state index in [9.17, 15) is 4.39 Å². The van der Waals surface area contributed by atoms with Crippen LogP contribution in [0.1, 0.15) is 22.9 Å². The van der Waals surface area contributed by atoms with Gasteiger partial charge in [-0.2, -0.15) is 0 Å². The summed E-state index contributed by atoms with van der Waals surface area (Å²) in [6.07, 6.45) is 0. The molecule has 3 nitrogen and oxygen atoms in total. The molecular weight excluding hydrogens is 285 g/mol. The lowest BCUT2D eigenvalue weighted by atomic mass is 10.1. The van der Waals surface area contributed by atoms with Gasteiger partial charge in [-0.15, -0.1) is 11.3 Å². The van der Waals surface area contributed by atoms with Crippen molar-refractivity contribution in [3.8, 4) is 0 Å². The fourth-order valence-electron chi connectivity index (χ4n) is 1.90. The molecule has 1 aromatic heterocycles. The quantitative estimate of drug-likeness (QED) is 0.656. The number of rotatable bonds is 5. The Kier molecular flexibility index (Phi) is 5.75. The SMILES string of the molecule is CCNC(=NCc1ccc(F)c(C)c1)NCc1cccs1. The van der Waals surface area contributed by atoms with E-state index in [0.29, 0.717) is 12.1 Å². The summed E-state index contributed by atoms with van der Waals surface area (Å²) in [5, 5.41) is 8.56. The Balaban J connectivity index is 1.97. The third-order valence-corrected chi connectivity index (χ3v) is 3.87. The molecule has 0 fully saturated rings. The molecule has 0 unspecified atom stereocenters. The van der Waals surface area contributed by atoms with Gasteiger partial charge in [-0.25, -0.2) is 9.38 Å². The first-order chi connectivity index (χ1) is 10.2. The first-order valence-electron chi connectivity index (χ1n) is 6.98. The number of aryl methyl sites for hydroxylation is 1. The van der Waals surface area contributed by atoms with Gasteiger partial charge in [-0.3, -0.25) is 0 Å². The van der Waals surface area contributed by atoms with Crippen molar-refractivity contribution in [3.05, 3.63) is 57.5 Å². The van der Waals surface area contributed by atoms with Gasteiger partial charge in [0.15, 0.2) is 5.96 Å². The Bertz CT molecular complexity index is 594. The zero-order valence-electron chi connectivity index (χ0n) is 12.3. The highest BCUT2D eigenvalue weighted by molar-refractivity contribution is 7.09. The van der Waals surface area contributed by atoms with E-state index < -0.39 is 0 Å². The second kappa shape index (κ2) is 7.78. The van der Waals surface area contributed by atoms with Crippen molar-refractivity contribution in [1.29, 1.82) is 0 Å². The van der Waals surface area contributed by atoms with Crippen LogP contribution in [0, 0.1) is 12.7 Å². The van der Waals surface area contributed by atoms with Gasteiger partial charge in [0.25, 0.3) is 0 Å². The van der Waals surface area contributed by atoms with Crippen LogP contribution in [0.15, 0.2) is 40.7 Å². The highest BCUT2D eigenvalue weighted by Crippen LogP contribution is 2.10. The highest BCUT2D eigenvalue weighted by Gasteiger charge is 2.01. The minimum atomic E-state index is -0.176. The molecule has 0 radical (unpaired) electrons. The average molecular weight is 305 g/mol. The van der Waals surface area contributed by atoms with Gasteiger partial charge in [0, 0.05) is 11.4 Å². The van der Waals surface area contributed by atoms with E-state index in [2.05, 4.69) is 27.1 Å². The van der Waals surface area contributed by atoms with E-state index in [4.69, 9.17) is 0 Å². The van der Waals surface area contributed by atoms with Crippen LogP contribution < -0.4 is 10.6 Å². The normalized spacial score (nSPS) is 11.5. The summed E-state index contributed by atoms with van der Waals surface area (Å²) in [7, 11) is 0. The van der Waals surface area contributed by atoms with Crippen LogP contribution in [0.2, 0.25) is 0 Å². The summed E-state index contributed by atoms with van der Waals surface area (Å²) in [5.74, 6) is 0.596. The predicted molar refractivity (Wildman–Crippen MR) is 87.1 cm³/mol. The molecule has 0 aliphatic carbocycles. The van der Waals surface area contributed by atoms with Crippen molar-refractivity contribution in [2.75, 3.05) is 6.54 Å². The molecule has 0 aliphatic heterocycles. The summed E-state index contributed by atoms with van der Waals surface area (Å²) >= 11 is 1.71. The zero-order chi connectivity index (χ0) is 15.1. The highest BCUT2D eigenvalue weighted by atomic mass is 32.1. The molecule has 2 aromatic rings. The third-order valence-electron chi connectivity index (χ3n) is 3.00. The number of nitrogens with zero attached hydrogens (tertiary/aromatic N) is 1. The Morgan fingerprint density at radius 1 is 1.29 bits per heavy atom. The van der Waals surface area contributed by atoms with Gasteiger partial charge in [0.05, 0.1) is 13.1 Å². The number of benzene rings is 1. The summed E-state index contributed by atoms with van der Waals surface area (Å²) in [6.45, 7) is 5.89. The summed E-state index contributed by atoms with van der Waals surface area (Å²) in [4.78, 5) is 5.79. The van der Waals surface area contributed by atoms with Crippen LogP contribution in [0.25, 0.3) is 0 Å². The number of thiophene rings is 1. The standard InChI is InChI=1S/C16H20FN3S/c1-3-18-16(20-11-14-5-4-8-21-14)19-10-13-6-7-15(17)12(2)9-13/h4-9H,3,10-11H2,1-2H3,(H2,18,19,20). The van der Waals surface area contributed by atoms with Crippen LogP contribution in [0.5, 0.6) is 0 Å². The first-order valence-corrected chi connectivity index (χ1v) is 7.86. The number of hydrogen-bond acceptors (Lipinski definition) is 2. The van der Waals surface area contributed by atoms with Crippen molar-refractivity contribution in [2.24, 2.45) is 4.99 Å². The minimum Gasteiger partial charge on any atom is -0.357 e. The summed E-state index contributed by atoms with van der Waals surface area (Å²) < 4.78 is 13.2. The fraction of sp³-hybridized carbons (Fsp3) is 0.312. The molecule has 0 amide bonds. The smallest absolute Gasteiger partial charge is 0.191 e. The van der Waals surface area contributed by atoms with Gasteiger partial charge >= 0.3 is 0 Å². The first kappa shape index (κ1) is 15.5. The number of aliphatic imine (C=N–C) groups is 1. The van der Waals surface area contributed by atoms with Gasteiger partial charge in [-0.05, 0) is 42.5 Å². The molecular formula is C16H20FN3S. The number of nitrogens with one attached hydrogen (secondary N) is 2. The molecule has 2 N–H and O–H groups in total. The molecule has 2 rings (SSSR count). The second-order valence-electron chi connectivity index (χ2n) is 4.71. The van der Waals surface area contributed by atoms with E-state index in [0.717, 1.165) is 24.6 Å². The van der Waals surface area contributed by atoms with E-state index in [1.165, 1.54) is 10.9 Å². The van der Waals surface area contributed by atoms with E-state index in [1.807, 2.05) is 19.1 Å². The second-order valence-corrected chi connectivity index (χ2v) is 5.74. The molecule has 1 heterocycles. The number of hydrogen-bond donors (Lipinski definition) is 2. The molecule has 5 heteroatoms. The summed E-state index contributed by atoms with van der Waals surface area (Å²) in [5.41, 5.74) is 1.65. The fourth-order valence-corrected chi connectivity index (χ4v) is 2.55. The lowest BCUT2D eigenvalue weighted by Crippen LogP contribution is -2.36. The van der Waals surface area contributed by atoms with Crippen molar-refractivity contribution < 1.29 is 4.39 Å². The Labute approximate surface area is 128 Å². The zero-order valence-corrected chi connectivity index (χ0v) is 13.1. The molecule has 0 spiro atoms. The maximum absolute atomic E-state index is 13.2. The van der Waals surface area contributed by atoms with Crippen LogP contribution in [0.4, 0.5) is 4.39 Å². The van der Waals surface area contributed by atoms with Crippen LogP contribution in [0.3, 0.4) is 0 Å². The molecule has 0 bridgehead atoms. The van der Waals surface area contributed by atoms with Crippen LogP contribution in [-0.2, 0) is 13.1 Å². The Hall–Kier alpha value is -1.88. The molecule has 1 aromatic carbocycles. The molecule has 0 aliphatic rings. The third kappa shape index (κ3) is 4.86. The van der Waals surface area contributed by atoms with Crippen LogP contribution in [-0.4, -0.2) is 12.5 Å². The largest absolute Gasteiger partial charge is 0.357 e. The summed E-state index contributed by atoms with van der Waals surface area (Å²) in [6, 6.07) is 9.22. The number of guanidine groups is 1.